The van der Waals surface area contributed by atoms with Crippen LogP contribution < -0.4 is 14.7 Å². The summed E-state index contributed by atoms with van der Waals surface area (Å²) in [6, 6.07) is 7.58. The maximum absolute atomic E-state index is 12.5. The van der Waals surface area contributed by atoms with Gasteiger partial charge in [-0.25, -0.2) is 4.98 Å². The molecule has 0 spiro atoms. The van der Waals surface area contributed by atoms with Crippen LogP contribution in [0.2, 0.25) is 0 Å². The zero-order valence-corrected chi connectivity index (χ0v) is 11.3. The molecule has 104 valence electrons. The first kappa shape index (κ1) is 12.0. The van der Waals surface area contributed by atoms with Gasteiger partial charge in [0.05, 0.1) is 18.3 Å². The largest absolute Gasteiger partial charge is 0.302 e. The minimum Gasteiger partial charge on any atom is -0.282 e. The monoisotopic (exact) mass is 281 g/mol. The molecule has 1 amide bonds. The van der Waals surface area contributed by atoms with Crippen LogP contribution in [0.15, 0.2) is 43.0 Å². The summed E-state index contributed by atoms with van der Waals surface area (Å²) in [5, 5.41) is 2.81. The summed E-state index contributed by atoms with van der Waals surface area (Å²) in [6.45, 7) is 0. The third-order valence-electron chi connectivity index (χ3n) is 3.68. The molecule has 4 rings (SSSR count). The number of H-pyrrole nitrogens is 2. The normalized spacial score (nSPS) is 14.3. The predicted molar refractivity (Wildman–Crippen MR) is 74.7 cm³/mol. The molecule has 3 aromatic heterocycles. The van der Waals surface area contributed by atoms with Gasteiger partial charge in [0.2, 0.25) is 5.69 Å². The molecule has 0 saturated heterocycles. The average molecular weight is 281 g/mol. The molecule has 0 aliphatic heterocycles. The highest BCUT2D eigenvalue weighted by Gasteiger charge is 2.36. The van der Waals surface area contributed by atoms with Crippen LogP contribution in [-0.2, 0) is 0 Å². The molecule has 3 aromatic rings. The number of imidazole rings is 1. The van der Waals surface area contributed by atoms with E-state index in [0.29, 0.717) is 17.4 Å². The third kappa shape index (κ3) is 2.14. The number of pyridine rings is 1. The smallest absolute Gasteiger partial charge is 0.282 e. The van der Waals surface area contributed by atoms with E-state index in [9.17, 15) is 4.79 Å². The van der Waals surface area contributed by atoms with Crippen molar-refractivity contribution in [3.8, 4) is 0 Å². The summed E-state index contributed by atoms with van der Waals surface area (Å²) >= 11 is 0. The number of carbonyl (C=O) groups is 1. The molecule has 0 radical (unpaired) electrons. The van der Waals surface area contributed by atoms with Crippen LogP contribution in [-0.4, -0.2) is 15.9 Å². The van der Waals surface area contributed by atoms with Gasteiger partial charge in [0, 0.05) is 6.07 Å². The van der Waals surface area contributed by atoms with Gasteiger partial charge >= 0.3 is 5.91 Å². The first-order valence-electron chi connectivity index (χ1n) is 6.98. The van der Waals surface area contributed by atoms with E-state index < -0.39 is 0 Å². The van der Waals surface area contributed by atoms with Crippen molar-refractivity contribution in [2.75, 3.05) is 5.32 Å². The average Bonchev–Trinajstić information content (AvgIpc) is 3.29. The zero-order chi connectivity index (χ0) is 14.2. The molecule has 0 bridgehead atoms. The Kier molecular flexibility index (Phi) is 2.67. The molecular formula is C15H15N5O+2. The predicted octanol–water partition coefficient (Wildman–Crippen LogP) is 1.09. The highest BCUT2D eigenvalue weighted by Crippen LogP contribution is 2.38. The fourth-order valence-corrected chi connectivity index (χ4v) is 2.51. The summed E-state index contributed by atoms with van der Waals surface area (Å²) in [5.74, 6) is 1.98. The van der Waals surface area contributed by atoms with Crippen molar-refractivity contribution in [3.05, 3.63) is 54.5 Å². The number of hydrogen-bond donors (Lipinski definition) is 2. The van der Waals surface area contributed by atoms with E-state index in [-0.39, 0.29) is 5.91 Å². The summed E-state index contributed by atoms with van der Waals surface area (Å²) in [6.07, 6.45) is 7.60. The van der Waals surface area contributed by atoms with Gasteiger partial charge in [0.25, 0.3) is 18.0 Å². The van der Waals surface area contributed by atoms with Crippen LogP contribution in [0.1, 0.15) is 35.1 Å². The summed E-state index contributed by atoms with van der Waals surface area (Å²) in [4.78, 5) is 22.7. The van der Waals surface area contributed by atoms with Gasteiger partial charge in [-0.05, 0) is 30.0 Å². The highest BCUT2D eigenvalue weighted by molar-refractivity contribution is 6.06. The SMILES string of the molecule is O=C(Nc1cc[nH+]cn1)c1[nH]c(C2CC2)[n+]2ccccc12. The van der Waals surface area contributed by atoms with Gasteiger partial charge in [-0.15, -0.1) is 0 Å². The van der Waals surface area contributed by atoms with E-state index in [1.165, 1.54) is 19.2 Å². The van der Waals surface area contributed by atoms with Crippen molar-refractivity contribution in [2.24, 2.45) is 0 Å². The van der Waals surface area contributed by atoms with Gasteiger partial charge in [0.1, 0.15) is 0 Å². The number of fused-ring (bicyclic) bond motifs is 1. The van der Waals surface area contributed by atoms with E-state index in [0.717, 1.165) is 11.3 Å². The Hall–Kier alpha value is -2.76. The second kappa shape index (κ2) is 4.66. The minimum absolute atomic E-state index is 0.177. The van der Waals surface area contributed by atoms with Crippen LogP contribution in [0.25, 0.3) is 5.52 Å². The molecule has 1 fully saturated rings. The van der Waals surface area contributed by atoms with Crippen molar-refractivity contribution in [2.45, 2.75) is 18.8 Å². The summed E-state index contributed by atoms with van der Waals surface area (Å²) < 4.78 is 2.07. The van der Waals surface area contributed by atoms with E-state index >= 15 is 0 Å². The third-order valence-corrected chi connectivity index (χ3v) is 3.68. The lowest BCUT2D eigenvalue weighted by molar-refractivity contribution is -0.521. The van der Waals surface area contributed by atoms with Crippen molar-refractivity contribution < 1.29 is 14.2 Å². The highest BCUT2D eigenvalue weighted by atomic mass is 16.2. The van der Waals surface area contributed by atoms with Gasteiger partial charge in [-0.3, -0.25) is 15.1 Å². The Bertz CT molecular complexity index is 807. The second-order valence-corrected chi connectivity index (χ2v) is 5.21. The van der Waals surface area contributed by atoms with Gasteiger partial charge in [-0.2, -0.15) is 4.40 Å². The molecule has 0 unspecified atom stereocenters. The van der Waals surface area contributed by atoms with Crippen LogP contribution in [0.3, 0.4) is 0 Å². The molecule has 0 aromatic carbocycles. The fourth-order valence-electron chi connectivity index (χ4n) is 2.51. The lowest BCUT2D eigenvalue weighted by Crippen LogP contribution is -2.24. The van der Waals surface area contributed by atoms with E-state index in [1.54, 1.807) is 12.3 Å². The molecule has 3 N–H and O–H groups in total. The molecule has 3 heterocycles. The van der Waals surface area contributed by atoms with Gasteiger partial charge in [-0.1, -0.05) is 6.07 Å². The Labute approximate surface area is 120 Å². The Morgan fingerprint density at radius 1 is 1.38 bits per heavy atom. The van der Waals surface area contributed by atoms with Gasteiger partial charge < -0.3 is 0 Å². The van der Waals surface area contributed by atoms with Crippen molar-refractivity contribution >= 4 is 17.2 Å². The van der Waals surface area contributed by atoms with Crippen molar-refractivity contribution in [3.63, 3.8) is 0 Å². The van der Waals surface area contributed by atoms with E-state index in [1.807, 2.05) is 24.4 Å². The second-order valence-electron chi connectivity index (χ2n) is 5.21. The van der Waals surface area contributed by atoms with Crippen molar-refractivity contribution in [1.29, 1.82) is 0 Å². The zero-order valence-electron chi connectivity index (χ0n) is 11.3. The molecule has 6 nitrogen and oxygen atoms in total. The number of aromatic amines is 2. The maximum Gasteiger partial charge on any atom is 0.302 e. The quantitative estimate of drug-likeness (QED) is 0.705. The first-order chi connectivity index (χ1) is 10.3. The molecule has 1 saturated carbocycles. The number of hydrogen-bond acceptors (Lipinski definition) is 2. The molecule has 21 heavy (non-hydrogen) atoms. The number of carbonyl (C=O) groups excluding carboxylic acids is 1. The lowest BCUT2D eigenvalue weighted by Gasteiger charge is -1.95. The number of nitrogens with zero attached hydrogens (tertiary/aromatic N) is 2. The number of rotatable bonds is 3. The first-order valence-corrected chi connectivity index (χ1v) is 6.98. The van der Waals surface area contributed by atoms with Crippen molar-refractivity contribution in [1.82, 2.24) is 9.97 Å². The fraction of sp³-hybridized carbons (Fsp3) is 0.200. The number of nitrogens with one attached hydrogen (secondary N) is 3. The molecular weight excluding hydrogens is 266 g/mol. The standard InChI is InChI=1S/C15H13N5O/c21-15(18-12-6-7-16-9-17-12)13-11-3-1-2-8-20(11)14(19-13)10-4-5-10/h1-3,6-10H,4-5H2,(H,16,17,18,21)/p+2. The Balaban J connectivity index is 1.74. The van der Waals surface area contributed by atoms with E-state index in [2.05, 4.69) is 24.7 Å². The minimum atomic E-state index is -0.177. The topological polar surface area (TPSA) is 76.0 Å². The molecule has 1 aliphatic carbocycles. The van der Waals surface area contributed by atoms with Crippen LogP contribution in [0, 0.1) is 0 Å². The number of amides is 1. The molecule has 0 atom stereocenters. The Morgan fingerprint density at radius 3 is 3.05 bits per heavy atom. The maximum atomic E-state index is 12.5. The van der Waals surface area contributed by atoms with E-state index in [4.69, 9.17) is 0 Å². The number of anilines is 1. The van der Waals surface area contributed by atoms with Crippen LogP contribution in [0.4, 0.5) is 5.82 Å². The Morgan fingerprint density at radius 2 is 2.29 bits per heavy atom. The molecule has 1 aliphatic rings. The van der Waals surface area contributed by atoms with Crippen LogP contribution in [0.5, 0.6) is 0 Å². The number of aromatic nitrogens is 4. The van der Waals surface area contributed by atoms with Gasteiger partial charge in [0.15, 0.2) is 5.52 Å². The molecule has 6 heteroatoms. The summed E-state index contributed by atoms with van der Waals surface area (Å²) in [7, 11) is 0. The lowest BCUT2D eigenvalue weighted by atomic mass is 10.3. The summed E-state index contributed by atoms with van der Waals surface area (Å²) in [5.41, 5.74) is 1.46. The van der Waals surface area contributed by atoms with Crippen LogP contribution >= 0.6 is 0 Å².